The van der Waals surface area contributed by atoms with Gasteiger partial charge in [0.15, 0.2) is 22.7 Å². The van der Waals surface area contributed by atoms with Gasteiger partial charge in [0.25, 0.3) is 11.5 Å². The molecular weight excluding hydrogens is 1600 g/mol. The van der Waals surface area contributed by atoms with Gasteiger partial charge in [-0.25, -0.2) is 19.6 Å². The number of carboxylic acid groups (broad SMARTS) is 4. The molecule has 48 heteroatoms. The second-order valence-corrected chi connectivity index (χ2v) is 29.5. The van der Waals surface area contributed by atoms with E-state index >= 15 is 0 Å². The highest BCUT2D eigenvalue weighted by Gasteiger charge is 2.40. The number of carbonyl (C=O) groups excluding carboxylic acids is 10. The summed E-state index contributed by atoms with van der Waals surface area (Å²) in [6.45, 7) is -3.30. The third-order valence-electron chi connectivity index (χ3n) is 18.5. The number of aliphatic hydroxyl groups is 15. The Morgan fingerprint density at radius 3 is 1.23 bits per heavy atom. The minimum atomic E-state index is -2.22. The van der Waals surface area contributed by atoms with Crippen molar-refractivity contribution < 1.29 is 164 Å². The van der Waals surface area contributed by atoms with E-state index in [0.717, 1.165) is 0 Å². The Balaban J connectivity index is 2.08. The van der Waals surface area contributed by atoms with Crippen LogP contribution in [0, 0.1) is 17.8 Å². The Bertz CT molecular complexity index is 3950. The number of hydrogen-bond acceptors (Lipinski definition) is 36. The second-order valence-electron chi connectivity index (χ2n) is 28.3. The smallest absolute Gasteiger partial charge is 0.327 e. The number of H-pyrrole nitrogens is 1. The zero-order chi connectivity index (χ0) is 89.2. The summed E-state index contributed by atoms with van der Waals surface area (Å²) in [6, 6.07) is -2.28. The molecule has 0 saturated carbocycles. The molecule has 0 unspecified atom stereocenters. The van der Waals surface area contributed by atoms with E-state index in [0.29, 0.717) is 11.4 Å². The number of amides is 7. The number of benzene rings is 1. The number of nitrogens with one attached hydrogen (secondary N) is 9. The minimum Gasteiger partial charge on any atom is -0.481 e. The lowest BCUT2D eigenvalue weighted by Crippen LogP contribution is -2.53. The number of carboxylic acids is 4. The van der Waals surface area contributed by atoms with Crippen LogP contribution in [0.4, 0.5) is 11.6 Å². The molecule has 2 heterocycles. The fraction of sp³-hybridized carbons (Fsp3) is 0.629. The highest BCUT2D eigenvalue weighted by atomic mass is 32.1. The largest absolute Gasteiger partial charge is 0.481 e. The normalized spacial score (nSPS) is 16.5. The maximum Gasteiger partial charge on any atom is 0.327 e. The van der Waals surface area contributed by atoms with Crippen molar-refractivity contribution in [3.63, 3.8) is 0 Å². The maximum atomic E-state index is 14.8. The average Bonchev–Trinajstić information content (AvgIpc) is 0.810. The Kier molecular flexibility index (Phi) is 43.3. The number of aliphatic hydroxyl groups excluding tert-OH is 15. The Morgan fingerprint density at radius 1 is 0.475 bits per heavy atom. The Labute approximate surface area is 676 Å². The molecule has 1 aromatic carbocycles. The molecule has 118 heavy (non-hydrogen) atoms. The molecule has 660 valence electrons. The van der Waals surface area contributed by atoms with Gasteiger partial charge < -0.3 is 145 Å². The van der Waals surface area contributed by atoms with Crippen LogP contribution >= 0.6 is 12.6 Å². The zero-order valence-electron chi connectivity index (χ0n) is 63.9. The van der Waals surface area contributed by atoms with Crippen molar-refractivity contribution >= 4 is 118 Å². The number of rotatable bonds is 58. The molecule has 2 aromatic heterocycles. The molecule has 0 saturated heterocycles. The lowest BCUT2D eigenvalue weighted by Gasteiger charge is -2.29. The third kappa shape index (κ3) is 34.9. The maximum absolute atomic E-state index is 14.8. The number of nitrogens with two attached hydrogens (primary N) is 1. The van der Waals surface area contributed by atoms with Crippen molar-refractivity contribution in [1.29, 1.82) is 0 Å². The second kappa shape index (κ2) is 50.0. The number of anilines is 2. The van der Waals surface area contributed by atoms with E-state index in [-0.39, 0.29) is 29.2 Å². The van der Waals surface area contributed by atoms with E-state index in [4.69, 9.17) is 10.8 Å². The van der Waals surface area contributed by atoms with Crippen molar-refractivity contribution in [1.82, 2.24) is 57.2 Å². The molecule has 0 fully saturated rings. The van der Waals surface area contributed by atoms with E-state index in [1.54, 1.807) is 0 Å². The molecule has 3 aromatic rings. The van der Waals surface area contributed by atoms with Gasteiger partial charge in [0.2, 0.25) is 41.4 Å². The molecule has 30 N–H and O–H groups in total. The molecule has 0 aliphatic rings. The monoisotopic (exact) mass is 1700 g/mol. The van der Waals surface area contributed by atoms with Crippen molar-refractivity contribution in [2.75, 3.05) is 50.5 Å². The number of nitrogen functional groups attached to an aromatic ring is 1. The Hall–Kier alpha value is -10.0. The lowest BCUT2D eigenvalue weighted by atomic mass is 9.88. The summed E-state index contributed by atoms with van der Waals surface area (Å²) in [5.41, 5.74) is 5.43. The van der Waals surface area contributed by atoms with Gasteiger partial charge in [-0.3, -0.25) is 67.3 Å². The summed E-state index contributed by atoms with van der Waals surface area (Å²) in [4.78, 5) is 216. The fourth-order valence-electron chi connectivity index (χ4n) is 11.3. The quantitative estimate of drug-likeness (QED) is 0.0233. The van der Waals surface area contributed by atoms with E-state index < -0.39 is 344 Å². The van der Waals surface area contributed by atoms with E-state index in [9.17, 15) is 164 Å². The van der Waals surface area contributed by atoms with Crippen LogP contribution in [0.2, 0.25) is 0 Å². The standard InChI is InChI=1S/C70H105N13O34S/c1-70(2,118)60(68(116)117)81-65(112)33(7-16-50(98)75-26-44(92)56(105)59(108)47(95)29-86)21-41(89)38(13-18-52(101)102)79-64(111)32(6-15-49(97)74-25-43(91)55(104)58(107)46(94)28-85)20-40(88)37(12-17-51(99)100)78-63(110)31(5-14-48(96)73-24-42(90)54(103)57(106)45(93)27-84)19-36(87)10-11-39(67(114)115)80-62(109)30-3-8-34(9-4-30)72-22-35-23-76-61-53(77-35)66(113)83-69(71)82-61/h3-4,8-9,23,31-33,37-39,42-47,54-60,72,84-86,90-95,103-108,118H,5-7,10-22,24-29H2,1-2H3,(H,73,96)(H,74,97)(H,75,98)(H,78,110)(H,79,111)(H,80,109)(H,81,112)(H,99,100)(H,101,102)(H,114,115)(H,116,117)(H3,71,76,82,83,113)/t31-,32-,33-,37-,38-,39-,42+,43+,44+,45-,46-,47-,54-,55-,56-,57-,58-,59-,60+/m1/s1. The van der Waals surface area contributed by atoms with Crippen LogP contribution in [0.5, 0.6) is 0 Å². The summed E-state index contributed by atoms with van der Waals surface area (Å²) in [7, 11) is 0. The van der Waals surface area contributed by atoms with Crippen LogP contribution in [0.3, 0.4) is 0 Å². The number of thiol groups is 1. The summed E-state index contributed by atoms with van der Waals surface area (Å²) < 4.78 is -1.55. The topological polar surface area (TPSA) is 817 Å². The number of nitrogens with zero attached hydrogens (tertiary/aromatic N) is 3. The number of aromatic nitrogens is 4. The van der Waals surface area contributed by atoms with Crippen molar-refractivity contribution in [2.24, 2.45) is 17.8 Å². The van der Waals surface area contributed by atoms with Gasteiger partial charge in [0, 0.05) is 111 Å². The summed E-state index contributed by atoms with van der Waals surface area (Å²) >= 11 is 4.23. The minimum absolute atomic E-state index is 0.0113. The number of carbonyl (C=O) groups is 14. The van der Waals surface area contributed by atoms with E-state index in [2.05, 4.69) is 75.1 Å². The first-order chi connectivity index (χ1) is 55.2. The molecule has 0 bridgehead atoms. The first kappa shape index (κ1) is 102. The van der Waals surface area contributed by atoms with Gasteiger partial charge in [0.05, 0.1) is 68.7 Å². The van der Waals surface area contributed by atoms with Crippen molar-refractivity contribution in [2.45, 2.75) is 219 Å². The molecule has 3 rings (SSSR count). The lowest BCUT2D eigenvalue weighted by molar-refractivity contribution is -0.143. The van der Waals surface area contributed by atoms with Crippen LogP contribution < -0.4 is 53.8 Å². The van der Waals surface area contributed by atoms with Gasteiger partial charge in [-0.1, -0.05) is 0 Å². The SMILES string of the molecule is CC(C)(S)[C@@H](NC(=O)[C@H](CCC(=O)NC[C@H](O)[C@@H](O)[C@H](O)[C@H](O)CO)CC(=O)[C@@H](CCC(=O)O)NC(=O)[C@H](CCC(=O)NC[C@H](O)[C@@H](O)[C@H](O)[C@H](O)CO)CC(=O)[C@@H](CCC(=O)O)NC(=O)[C@H](CCC(=O)NC[C@H](O)[C@@H](O)[C@H](O)[C@H](O)CO)CC(=O)CC[C@@H](NC(=O)c1ccc(NCc2cnc3nc(N)[nH]c(=O)c3n2)cc1)C(=O)O)C(=O)O. The molecule has 47 nitrogen and oxygen atoms in total. The zero-order valence-corrected chi connectivity index (χ0v) is 64.8. The van der Waals surface area contributed by atoms with Crippen LogP contribution in [0.1, 0.15) is 126 Å². The van der Waals surface area contributed by atoms with Crippen LogP contribution in [-0.2, 0) is 68.9 Å². The number of aliphatic carboxylic acids is 4. The average molecular weight is 1700 g/mol. The Morgan fingerprint density at radius 2 is 0.856 bits per heavy atom. The van der Waals surface area contributed by atoms with E-state index in [1.807, 2.05) is 0 Å². The number of Topliss-reactive ketones (excluding diaryl/α,β-unsaturated/α-hetero) is 3. The number of aromatic amines is 1. The summed E-state index contributed by atoms with van der Waals surface area (Å²) in [5.74, 6) is -23.8. The number of hydrogen-bond donors (Lipinski definition) is 30. The first-order valence-corrected chi connectivity index (χ1v) is 37.2. The highest BCUT2D eigenvalue weighted by Crippen LogP contribution is 2.25. The van der Waals surface area contributed by atoms with E-state index in [1.165, 1.54) is 44.3 Å². The third-order valence-corrected chi connectivity index (χ3v) is 18.8. The van der Waals surface area contributed by atoms with Gasteiger partial charge in [-0.15, -0.1) is 0 Å². The molecular formula is C70H105N13O34S. The van der Waals surface area contributed by atoms with Gasteiger partial charge >= 0.3 is 23.9 Å². The molecule has 19 atom stereocenters. The van der Waals surface area contributed by atoms with Gasteiger partial charge in [-0.2, -0.15) is 17.6 Å². The highest BCUT2D eigenvalue weighted by molar-refractivity contribution is 7.81. The van der Waals surface area contributed by atoms with Crippen LogP contribution in [0.15, 0.2) is 35.3 Å². The van der Waals surface area contributed by atoms with Gasteiger partial charge in [0.1, 0.15) is 72.8 Å². The first-order valence-electron chi connectivity index (χ1n) is 36.8. The fourth-order valence-corrected chi connectivity index (χ4v) is 11.5. The predicted molar refractivity (Wildman–Crippen MR) is 404 cm³/mol. The molecule has 0 radical (unpaired) electrons. The molecule has 0 aliphatic carbocycles. The molecule has 0 aliphatic heterocycles. The predicted octanol–water partition coefficient (Wildman–Crippen LogP) is -10.4. The number of fused-ring (bicyclic) bond motifs is 1. The number of ketones is 3. The van der Waals surface area contributed by atoms with Crippen molar-refractivity contribution in [3.05, 3.63) is 52.1 Å². The molecule has 0 spiro atoms. The van der Waals surface area contributed by atoms with Crippen LogP contribution in [0.25, 0.3) is 11.2 Å². The van der Waals surface area contributed by atoms with Gasteiger partial charge in [-0.05, 0) is 76.6 Å². The van der Waals surface area contributed by atoms with Crippen LogP contribution in [-0.4, -0.2) is 341 Å². The summed E-state index contributed by atoms with van der Waals surface area (Å²) in [6.07, 6.45) is -36.6. The summed E-state index contributed by atoms with van der Waals surface area (Å²) in [5, 5.41) is 208. The molecule has 7 amide bonds. The van der Waals surface area contributed by atoms with Crippen molar-refractivity contribution in [3.8, 4) is 0 Å².